The van der Waals surface area contributed by atoms with Gasteiger partial charge in [-0.05, 0) is 26.7 Å². The number of carbonyl (C=O) groups excluding carboxylic acids is 1. The van der Waals surface area contributed by atoms with Crippen molar-refractivity contribution in [3.63, 3.8) is 0 Å². The van der Waals surface area contributed by atoms with Crippen molar-refractivity contribution >= 4 is 5.78 Å². The largest absolute Gasteiger partial charge is 0.368 e. The first-order valence-corrected chi connectivity index (χ1v) is 6.32. The van der Waals surface area contributed by atoms with E-state index in [0.29, 0.717) is 19.4 Å². The predicted octanol–water partition coefficient (Wildman–Crippen LogP) is 3.10. The van der Waals surface area contributed by atoms with Crippen molar-refractivity contribution in [3.8, 4) is 11.8 Å². The predicted molar refractivity (Wildman–Crippen MR) is 65.1 cm³/mol. The van der Waals surface area contributed by atoms with Gasteiger partial charge in [-0.15, -0.1) is 11.8 Å². The Balaban J connectivity index is 2.59. The molecule has 90 valence electrons. The maximum Gasteiger partial charge on any atom is 0.165 e. The highest BCUT2D eigenvalue weighted by atomic mass is 16.5. The molecule has 16 heavy (non-hydrogen) atoms. The van der Waals surface area contributed by atoms with Gasteiger partial charge in [0.05, 0.1) is 0 Å². The molecule has 0 aliphatic heterocycles. The van der Waals surface area contributed by atoms with Gasteiger partial charge in [0.15, 0.2) is 5.78 Å². The SMILES string of the molecule is CC#CCCC(=O)C1(OCC)CCCCC1. The molecule has 2 heteroatoms. The van der Waals surface area contributed by atoms with Crippen molar-refractivity contribution in [3.05, 3.63) is 0 Å². The second-order valence-corrected chi connectivity index (χ2v) is 4.34. The van der Waals surface area contributed by atoms with Gasteiger partial charge in [0.25, 0.3) is 0 Å². The van der Waals surface area contributed by atoms with Crippen LogP contribution in [0.1, 0.15) is 58.8 Å². The summed E-state index contributed by atoms with van der Waals surface area (Å²) in [6, 6.07) is 0. The lowest BCUT2D eigenvalue weighted by Gasteiger charge is -2.35. The molecule has 1 fully saturated rings. The maximum absolute atomic E-state index is 12.2. The minimum Gasteiger partial charge on any atom is -0.368 e. The Kier molecular flexibility index (Phi) is 5.55. The van der Waals surface area contributed by atoms with Gasteiger partial charge >= 0.3 is 0 Å². The Morgan fingerprint density at radius 3 is 2.56 bits per heavy atom. The van der Waals surface area contributed by atoms with Crippen LogP contribution < -0.4 is 0 Å². The Hall–Kier alpha value is -0.810. The lowest BCUT2D eigenvalue weighted by Crippen LogP contribution is -2.43. The number of ether oxygens (including phenoxy) is 1. The van der Waals surface area contributed by atoms with Gasteiger partial charge in [-0.25, -0.2) is 0 Å². The molecule has 0 aromatic carbocycles. The standard InChI is InChI=1S/C14H22O2/c1-3-5-7-10-13(15)14(16-4-2)11-8-6-9-12-14/h4,6-12H2,1-2H3. The molecule has 0 atom stereocenters. The molecule has 1 aliphatic carbocycles. The molecular formula is C14H22O2. The number of ketones is 1. The zero-order valence-electron chi connectivity index (χ0n) is 10.5. The third-order valence-electron chi connectivity index (χ3n) is 3.24. The van der Waals surface area contributed by atoms with E-state index in [0.717, 1.165) is 25.7 Å². The fraction of sp³-hybridized carbons (Fsp3) is 0.786. The van der Waals surface area contributed by atoms with E-state index in [1.54, 1.807) is 0 Å². The topological polar surface area (TPSA) is 26.3 Å². The molecule has 1 saturated carbocycles. The van der Waals surface area contributed by atoms with E-state index in [1.807, 2.05) is 13.8 Å². The van der Waals surface area contributed by atoms with Crippen LogP contribution in [-0.2, 0) is 9.53 Å². The lowest BCUT2D eigenvalue weighted by atomic mass is 9.80. The molecule has 0 radical (unpaired) electrons. The average molecular weight is 222 g/mol. The van der Waals surface area contributed by atoms with Gasteiger partial charge in [-0.2, -0.15) is 0 Å². The molecular weight excluding hydrogens is 200 g/mol. The molecule has 0 bridgehead atoms. The van der Waals surface area contributed by atoms with Crippen LogP contribution in [0.4, 0.5) is 0 Å². The van der Waals surface area contributed by atoms with Gasteiger partial charge in [-0.1, -0.05) is 19.3 Å². The second kappa shape index (κ2) is 6.70. The number of hydrogen-bond acceptors (Lipinski definition) is 2. The number of rotatable bonds is 5. The van der Waals surface area contributed by atoms with Crippen molar-refractivity contribution in [2.24, 2.45) is 0 Å². The zero-order chi connectivity index (χ0) is 11.9. The van der Waals surface area contributed by atoms with Crippen molar-refractivity contribution < 1.29 is 9.53 Å². The number of Topliss-reactive ketones (excluding diaryl/α,β-unsaturated/α-hetero) is 1. The summed E-state index contributed by atoms with van der Waals surface area (Å²) in [5.41, 5.74) is -0.470. The highest BCUT2D eigenvalue weighted by Gasteiger charge is 2.39. The van der Waals surface area contributed by atoms with E-state index in [2.05, 4.69) is 11.8 Å². The molecule has 0 aromatic heterocycles. The molecule has 1 rings (SSSR count). The van der Waals surface area contributed by atoms with Gasteiger partial charge < -0.3 is 4.74 Å². The molecule has 0 spiro atoms. The van der Waals surface area contributed by atoms with Crippen molar-refractivity contribution in [2.45, 2.75) is 64.4 Å². The van der Waals surface area contributed by atoms with Crippen LogP contribution in [-0.4, -0.2) is 18.0 Å². The zero-order valence-corrected chi connectivity index (χ0v) is 10.5. The Bertz CT molecular complexity index is 271. The summed E-state index contributed by atoms with van der Waals surface area (Å²) >= 11 is 0. The van der Waals surface area contributed by atoms with E-state index < -0.39 is 5.60 Å². The minimum atomic E-state index is -0.470. The van der Waals surface area contributed by atoms with Crippen molar-refractivity contribution in [1.82, 2.24) is 0 Å². The number of hydrogen-bond donors (Lipinski definition) is 0. The van der Waals surface area contributed by atoms with Crippen LogP contribution in [0.25, 0.3) is 0 Å². The summed E-state index contributed by atoms with van der Waals surface area (Å²) in [6.45, 7) is 4.41. The van der Waals surface area contributed by atoms with E-state index in [1.165, 1.54) is 6.42 Å². The third kappa shape index (κ3) is 3.35. The monoisotopic (exact) mass is 222 g/mol. The van der Waals surface area contributed by atoms with Gasteiger partial charge in [0.1, 0.15) is 5.60 Å². The fourth-order valence-corrected chi connectivity index (χ4v) is 2.43. The van der Waals surface area contributed by atoms with Crippen LogP contribution >= 0.6 is 0 Å². The molecule has 2 nitrogen and oxygen atoms in total. The van der Waals surface area contributed by atoms with Crippen LogP contribution in [0.2, 0.25) is 0 Å². The summed E-state index contributed by atoms with van der Waals surface area (Å²) in [5, 5.41) is 0. The Labute approximate surface area is 98.8 Å². The highest BCUT2D eigenvalue weighted by Crippen LogP contribution is 2.33. The molecule has 0 N–H and O–H groups in total. The molecule has 0 heterocycles. The third-order valence-corrected chi connectivity index (χ3v) is 3.24. The average Bonchev–Trinajstić information content (AvgIpc) is 2.31. The van der Waals surface area contributed by atoms with Gasteiger partial charge in [0, 0.05) is 19.4 Å². The van der Waals surface area contributed by atoms with Crippen LogP contribution in [0, 0.1) is 11.8 Å². The smallest absolute Gasteiger partial charge is 0.165 e. The quantitative estimate of drug-likeness (QED) is 0.668. The lowest BCUT2D eigenvalue weighted by molar-refractivity contribution is -0.148. The second-order valence-electron chi connectivity index (χ2n) is 4.34. The first-order chi connectivity index (χ1) is 7.75. The highest BCUT2D eigenvalue weighted by molar-refractivity contribution is 5.87. The molecule has 0 aromatic rings. The molecule has 1 aliphatic rings. The van der Waals surface area contributed by atoms with Crippen LogP contribution in [0.15, 0.2) is 0 Å². The van der Waals surface area contributed by atoms with Crippen LogP contribution in [0.3, 0.4) is 0 Å². The first kappa shape index (κ1) is 13.3. The van der Waals surface area contributed by atoms with Crippen molar-refractivity contribution in [1.29, 1.82) is 0 Å². The summed E-state index contributed by atoms with van der Waals surface area (Å²) in [4.78, 5) is 12.2. The van der Waals surface area contributed by atoms with Gasteiger partial charge in [0.2, 0.25) is 0 Å². The Morgan fingerprint density at radius 1 is 1.31 bits per heavy atom. The fourth-order valence-electron chi connectivity index (χ4n) is 2.43. The summed E-state index contributed by atoms with van der Waals surface area (Å²) in [6.07, 6.45) is 6.48. The molecule has 0 amide bonds. The summed E-state index contributed by atoms with van der Waals surface area (Å²) < 4.78 is 5.77. The van der Waals surface area contributed by atoms with Gasteiger partial charge in [-0.3, -0.25) is 4.79 Å². The summed E-state index contributed by atoms with van der Waals surface area (Å²) in [5.74, 6) is 6.04. The van der Waals surface area contributed by atoms with E-state index in [9.17, 15) is 4.79 Å². The van der Waals surface area contributed by atoms with Crippen LogP contribution in [0.5, 0.6) is 0 Å². The van der Waals surface area contributed by atoms with E-state index in [4.69, 9.17) is 4.74 Å². The molecule has 0 saturated heterocycles. The van der Waals surface area contributed by atoms with Crippen molar-refractivity contribution in [2.75, 3.05) is 6.61 Å². The maximum atomic E-state index is 12.2. The summed E-state index contributed by atoms with van der Waals surface area (Å²) in [7, 11) is 0. The van der Waals surface area contributed by atoms with E-state index >= 15 is 0 Å². The van der Waals surface area contributed by atoms with E-state index in [-0.39, 0.29) is 5.78 Å². The number of carbonyl (C=O) groups is 1. The molecule has 0 unspecified atom stereocenters. The normalized spacial score (nSPS) is 18.6. The first-order valence-electron chi connectivity index (χ1n) is 6.32. The Morgan fingerprint density at radius 2 is 2.00 bits per heavy atom. The minimum absolute atomic E-state index is 0.261.